The van der Waals surface area contributed by atoms with Crippen molar-refractivity contribution >= 4 is 21.8 Å². The van der Waals surface area contributed by atoms with E-state index in [9.17, 15) is 36.6 Å². The van der Waals surface area contributed by atoms with E-state index in [-0.39, 0.29) is 16.4 Å². The van der Waals surface area contributed by atoms with E-state index in [2.05, 4.69) is 10.1 Å². The number of benzene rings is 1. The molecular weight excluding hydrogens is 392 g/mol. The topological polar surface area (TPSA) is 71.2 Å². The van der Waals surface area contributed by atoms with E-state index in [1.165, 1.54) is 33.0 Å². The fourth-order valence-corrected chi connectivity index (χ4v) is 2.97. The number of alkyl halides is 6. The van der Waals surface area contributed by atoms with Crippen molar-refractivity contribution in [3.63, 3.8) is 0 Å². The van der Waals surface area contributed by atoms with Crippen LogP contribution in [0.25, 0.3) is 21.8 Å². The molecule has 0 saturated carbocycles. The molecule has 0 bridgehead atoms. The van der Waals surface area contributed by atoms with Crippen molar-refractivity contribution in [2.75, 3.05) is 0 Å². The number of nitrogens with zero attached hydrogens (tertiary/aromatic N) is 3. The van der Waals surface area contributed by atoms with Crippen LogP contribution in [0.3, 0.4) is 0 Å². The van der Waals surface area contributed by atoms with Crippen LogP contribution in [0.1, 0.15) is 32.0 Å². The maximum absolute atomic E-state index is 13.8. The number of aliphatic hydroxyl groups is 2. The molecule has 0 fully saturated rings. The Labute approximate surface area is 154 Å². The molecule has 0 aliphatic rings. The van der Waals surface area contributed by atoms with Crippen molar-refractivity contribution in [1.29, 1.82) is 0 Å². The predicted molar refractivity (Wildman–Crippen MR) is 87.2 cm³/mol. The number of rotatable bonds is 1. The minimum Gasteiger partial charge on any atom is -0.355 e. The van der Waals surface area contributed by atoms with Crippen LogP contribution >= 0.6 is 0 Å². The molecule has 0 aliphatic heterocycles. The van der Waals surface area contributed by atoms with E-state index in [0.29, 0.717) is 10.7 Å². The molecule has 2 heterocycles. The largest absolute Gasteiger partial charge is 0.447 e. The minimum absolute atomic E-state index is 0.292. The van der Waals surface area contributed by atoms with E-state index in [0.717, 1.165) is 6.07 Å². The first-order valence-electron chi connectivity index (χ1n) is 7.97. The van der Waals surface area contributed by atoms with Gasteiger partial charge in [0.1, 0.15) is 5.52 Å². The van der Waals surface area contributed by atoms with E-state index >= 15 is 0 Å². The summed E-state index contributed by atoms with van der Waals surface area (Å²) in [7, 11) is 0. The minimum atomic E-state index is -5.55. The molecule has 0 atom stereocenters. The molecule has 0 amide bonds. The highest BCUT2D eigenvalue weighted by atomic mass is 19.4. The Kier molecular flexibility index (Phi) is 4.21. The molecule has 1 aromatic carbocycles. The monoisotopic (exact) mass is 407 g/mol. The van der Waals surface area contributed by atoms with Gasteiger partial charge >= 0.3 is 12.4 Å². The average molecular weight is 407 g/mol. The van der Waals surface area contributed by atoms with E-state index < -0.39 is 40.3 Å². The first kappa shape index (κ1) is 20.3. The van der Waals surface area contributed by atoms with Crippen LogP contribution in [0.4, 0.5) is 26.3 Å². The van der Waals surface area contributed by atoms with Gasteiger partial charge in [-0.3, -0.25) is 9.67 Å². The highest BCUT2D eigenvalue weighted by molar-refractivity contribution is 6.06. The third-order valence-corrected chi connectivity index (χ3v) is 4.21. The summed E-state index contributed by atoms with van der Waals surface area (Å²) in [5.41, 5.74) is -4.22. The zero-order valence-electron chi connectivity index (χ0n) is 14.8. The quantitative estimate of drug-likeness (QED) is 0.472. The van der Waals surface area contributed by atoms with Crippen LogP contribution in [0.15, 0.2) is 24.4 Å². The van der Waals surface area contributed by atoms with Gasteiger partial charge in [-0.05, 0) is 32.9 Å². The maximum Gasteiger partial charge on any atom is 0.447 e. The molecule has 3 rings (SSSR count). The Morgan fingerprint density at radius 2 is 1.54 bits per heavy atom. The van der Waals surface area contributed by atoms with Gasteiger partial charge in [0.2, 0.25) is 0 Å². The Bertz CT molecular complexity index is 1060. The number of halogens is 6. The second kappa shape index (κ2) is 5.80. The smallest absolute Gasteiger partial charge is 0.355 e. The molecular formula is C17H15F6N3O2. The van der Waals surface area contributed by atoms with Gasteiger partial charge in [0.25, 0.3) is 5.79 Å². The van der Waals surface area contributed by atoms with Crippen molar-refractivity contribution in [1.82, 2.24) is 14.8 Å². The summed E-state index contributed by atoms with van der Waals surface area (Å²) in [6.45, 7) is 4.34. The van der Waals surface area contributed by atoms with Crippen LogP contribution in [0.2, 0.25) is 0 Å². The third kappa shape index (κ3) is 2.98. The first-order chi connectivity index (χ1) is 12.6. The average Bonchev–Trinajstić information content (AvgIpc) is 2.93. The van der Waals surface area contributed by atoms with Crippen LogP contribution in [0, 0.1) is 0 Å². The molecule has 2 aromatic heterocycles. The molecule has 11 heteroatoms. The molecule has 3 aromatic rings. The zero-order valence-corrected chi connectivity index (χ0v) is 14.8. The summed E-state index contributed by atoms with van der Waals surface area (Å²) >= 11 is 0. The maximum atomic E-state index is 13.8. The highest BCUT2D eigenvalue weighted by Crippen LogP contribution is 2.44. The van der Waals surface area contributed by atoms with Gasteiger partial charge in [0.15, 0.2) is 5.69 Å². The van der Waals surface area contributed by atoms with Crippen molar-refractivity contribution in [3.8, 4) is 0 Å². The number of fused-ring (bicyclic) bond motifs is 3. The number of pyridine rings is 1. The van der Waals surface area contributed by atoms with Gasteiger partial charge in [-0.25, -0.2) is 0 Å². The fourth-order valence-electron chi connectivity index (χ4n) is 2.97. The molecule has 0 aliphatic carbocycles. The highest BCUT2D eigenvalue weighted by Gasteiger charge is 2.55. The molecule has 2 N–H and O–H groups in total. The van der Waals surface area contributed by atoms with Crippen LogP contribution in [-0.2, 0) is 17.5 Å². The lowest BCUT2D eigenvalue weighted by molar-refractivity contribution is -0.357. The van der Waals surface area contributed by atoms with Gasteiger partial charge < -0.3 is 10.2 Å². The summed E-state index contributed by atoms with van der Waals surface area (Å²) in [5, 5.41) is 22.3. The van der Waals surface area contributed by atoms with Crippen molar-refractivity contribution < 1.29 is 36.6 Å². The van der Waals surface area contributed by atoms with Crippen molar-refractivity contribution in [2.24, 2.45) is 0 Å². The number of hydrogen-bond acceptors (Lipinski definition) is 4. The Morgan fingerprint density at radius 3 is 2.04 bits per heavy atom. The standard InChI is InChI=1S/C17H15F6N3O2/c1-14(2,3)26-13(16(18,19)20)9-7-10(15(27,28)17(21,22)23)8-5-4-6-24-11(8)12(9)25-26/h4-7,27-28H,1-3H3. The number of hydrogen-bond donors (Lipinski definition) is 2. The lowest BCUT2D eigenvalue weighted by atomic mass is 9.96. The lowest BCUT2D eigenvalue weighted by Gasteiger charge is -2.26. The molecule has 28 heavy (non-hydrogen) atoms. The molecule has 0 saturated heterocycles. The van der Waals surface area contributed by atoms with E-state index in [4.69, 9.17) is 0 Å². The lowest BCUT2D eigenvalue weighted by Crippen LogP contribution is -2.42. The predicted octanol–water partition coefficient (Wildman–Crippen LogP) is 4.06. The zero-order chi connectivity index (χ0) is 21.3. The normalized spacial score (nSPS) is 14.2. The molecule has 0 unspecified atom stereocenters. The van der Waals surface area contributed by atoms with Gasteiger partial charge in [-0.2, -0.15) is 31.4 Å². The van der Waals surface area contributed by atoms with Crippen LogP contribution < -0.4 is 0 Å². The molecule has 0 radical (unpaired) electrons. The summed E-state index contributed by atoms with van der Waals surface area (Å²) in [6, 6.07) is 2.80. The van der Waals surface area contributed by atoms with Crippen molar-refractivity contribution in [3.05, 3.63) is 35.7 Å². The van der Waals surface area contributed by atoms with Gasteiger partial charge in [-0.15, -0.1) is 0 Å². The summed E-state index contributed by atoms with van der Waals surface area (Å²) in [5.74, 6) is -4.38. The first-order valence-corrected chi connectivity index (χ1v) is 7.97. The third-order valence-electron chi connectivity index (χ3n) is 4.21. The van der Waals surface area contributed by atoms with Gasteiger partial charge in [-0.1, -0.05) is 6.07 Å². The molecule has 0 spiro atoms. The van der Waals surface area contributed by atoms with Gasteiger partial charge in [0.05, 0.1) is 11.1 Å². The molecule has 152 valence electrons. The Morgan fingerprint density at radius 1 is 0.929 bits per heavy atom. The van der Waals surface area contributed by atoms with Crippen LogP contribution in [-0.4, -0.2) is 31.2 Å². The Balaban J connectivity index is 2.58. The summed E-state index contributed by atoms with van der Waals surface area (Å²) in [4.78, 5) is 3.85. The SMILES string of the molecule is CC(C)(C)n1nc2c(cc(C(O)(O)C(F)(F)F)c3cccnc32)c1C(F)(F)F. The van der Waals surface area contributed by atoms with E-state index in [1.54, 1.807) is 0 Å². The summed E-state index contributed by atoms with van der Waals surface area (Å²) in [6.07, 6.45) is -9.35. The van der Waals surface area contributed by atoms with E-state index in [1.807, 2.05) is 0 Å². The second-order valence-electron chi connectivity index (χ2n) is 7.32. The Hall–Kier alpha value is -2.40. The van der Waals surface area contributed by atoms with Crippen LogP contribution in [0.5, 0.6) is 0 Å². The second-order valence-corrected chi connectivity index (χ2v) is 7.32. The fraction of sp³-hybridized carbons (Fsp3) is 0.412. The molecule has 5 nitrogen and oxygen atoms in total. The van der Waals surface area contributed by atoms with Crippen molar-refractivity contribution in [2.45, 2.75) is 44.4 Å². The number of aromatic nitrogens is 3. The van der Waals surface area contributed by atoms with Gasteiger partial charge in [0, 0.05) is 22.5 Å². The summed E-state index contributed by atoms with van der Waals surface area (Å²) < 4.78 is 81.6.